The summed E-state index contributed by atoms with van der Waals surface area (Å²) in [6, 6.07) is 10.3. The number of aryl methyl sites for hydroxylation is 1. The molecule has 3 fully saturated rings. The van der Waals surface area contributed by atoms with Crippen molar-refractivity contribution in [1.29, 1.82) is 0 Å². The highest BCUT2D eigenvalue weighted by atomic mass is 16.5. The topological polar surface area (TPSA) is 61.5 Å². The number of fused-ring (bicyclic) bond motifs is 4. The first-order chi connectivity index (χ1) is 13.2. The average molecular weight is 368 g/mol. The van der Waals surface area contributed by atoms with Crippen molar-refractivity contribution in [3.8, 4) is 0 Å². The monoisotopic (exact) mass is 368 g/mol. The summed E-state index contributed by atoms with van der Waals surface area (Å²) in [6.45, 7) is 6.39. The molecule has 4 heterocycles. The third kappa shape index (κ3) is 4.39. The lowest BCUT2D eigenvalue weighted by atomic mass is 9.95. The fourth-order valence-corrected chi connectivity index (χ4v) is 4.29. The Bertz CT molecular complexity index is 761. The van der Waals surface area contributed by atoms with Crippen LogP contribution in [-0.4, -0.2) is 58.0 Å². The Labute approximate surface area is 160 Å². The molecule has 2 bridgehead atoms. The molecule has 3 saturated heterocycles. The highest BCUT2D eigenvalue weighted by Gasteiger charge is 2.37. The lowest BCUT2D eigenvalue weighted by Crippen LogP contribution is -2.48. The number of carbonyl (C=O) groups excluding carboxylic acids is 1. The summed E-state index contributed by atoms with van der Waals surface area (Å²) in [6.07, 6.45) is 4.05. The van der Waals surface area contributed by atoms with Gasteiger partial charge in [-0.1, -0.05) is 30.3 Å². The summed E-state index contributed by atoms with van der Waals surface area (Å²) < 4.78 is 5.69. The van der Waals surface area contributed by atoms with E-state index < -0.39 is 0 Å². The van der Waals surface area contributed by atoms with Gasteiger partial charge in [-0.25, -0.2) is 4.98 Å². The zero-order chi connectivity index (χ0) is 18.6. The predicted molar refractivity (Wildman–Crippen MR) is 103 cm³/mol. The zero-order valence-corrected chi connectivity index (χ0v) is 15.9. The van der Waals surface area contributed by atoms with Crippen molar-refractivity contribution in [1.82, 2.24) is 19.8 Å². The highest BCUT2D eigenvalue weighted by molar-refractivity contribution is 5.78. The smallest absolute Gasteiger partial charge is 0.248 e. The van der Waals surface area contributed by atoms with Gasteiger partial charge in [-0.3, -0.25) is 9.69 Å². The molecular weight excluding hydrogens is 340 g/mol. The number of benzene rings is 1. The van der Waals surface area contributed by atoms with E-state index in [0.29, 0.717) is 12.5 Å². The van der Waals surface area contributed by atoms with Crippen LogP contribution < -0.4 is 0 Å². The van der Waals surface area contributed by atoms with E-state index in [-0.39, 0.29) is 18.6 Å². The maximum absolute atomic E-state index is 12.8. The second-order valence-corrected chi connectivity index (χ2v) is 7.79. The molecule has 3 aliphatic rings. The number of amides is 1. The number of ether oxygens (including phenoxy) is 1. The van der Waals surface area contributed by atoms with Gasteiger partial charge in [0, 0.05) is 37.9 Å². The Hall–Kier alpha value is -2.18. The molecular formula is C21H28N4O2. The minimum atomic E-state index is 0.124. The Balaban J connectivity index is 1.33. The molecule has 1 aromatic heterocycles. The van der Waals surface area contributed by atoms with E-state index >= 15 is 0 Å². The molecule has 27 heavy (non-hydrogen) atoms. The van der Waals surface area contributed by atoms with E-state index in [0.717, 1.165) is 49.6 Å². The van der Waals surface area contributed by atoms with Crippen LogP contribution in [0.2, 0.25) is 0 Å². The van der Waals surface area contributed by atoms with Crippen LogP contribution in [0, 0.1) is 12.8 Å². The summed E-state index contributed by atoms with van der Waals surface area (Å²) in [5, 5.41) is 0. The number of aromatic amines is 1. The first-order valence-corrected chi connectivity index (χ1v) is 9.81. The van der Waals surface area contributed by atoms with E-state index in [2.05, 4.69) is 26.7 Å². The van der Waals surface area contributed by atoms with Crippen molar-refractivity contribution in [2.75, 3.05) is 26.2 Å². The maximum atomic E-state index is 12.8. The number of H-pyrrole nitrogens is 1. The number of carbonyl (C=O) groups is 1. The molecule has 0 unspecified atom stereocenters. The molecule has 6 nitrogen and oxygen atoms in total. The summed E-state index contributed by atoms with van der Waals surface area (Å²) in [7, 11) is 0. The van der Waals surface area contributed by atoms with Gasteiger partial charge in [-0.2, -0.15) is 0 Å². The van der Waals surface area contributed by atoms with Crippen LogP contribution in [0.3, 0.4) is 0 Å². The molecule has 0 aliphatic carbocycles. The van der Waals surface area contributed by atoms with E-state index in [1.807, 2.05) is 30.3 Å². The average Bonchev–Trinajstić information content (AvgIpc) is 2.89. The number of hydrogen-bond acceptors (Lipinski definition) is 4. The summed E-state index contributed by atoms with van der Waals surface area (Å²) in [5.41, 5.74) is 3.34. The molecule has 0 saturated carbocycles. The molecule has 6 heteroatoms. The van der Waals surface area contributed by atoms with Crippen LogP contribution in [0.5, 0.6) is 0 Å². The number of nitrogens with zero attached hydrogens (tertiary/aromatic N) is 3. The van der Waals surface area contributed by atoms with Gasteiger partial charge in [0.05, 0.1) is 18.6 Å². The number of aromatic nitrogens is 2. The van der Waals surface area contributed by atoms with Crippen LogP contribution in [0.4, 0.5) is 0 Å². The van der Waals surface area contributed by atoms with Gasteiger partial charge in [-0.05, 0) is 31.2 Å². The van der Waals surface area contributed by atoms with E-state index in [9.17, 15) is 4.79 Å². The highest BCUT2D eigenvalue weighted by Crippen LogP contribution is 2.29. The maximum Gasteiger partial charge on any atom is 0.248 e. The first kappa shape index (κ1) is 18.2. The largest absolute Gasteiger partial charge is 0.367 e. The molecule has 3 aliphatic heterocycles. The molecule has 2 atom stereocenters. The minimum Gasteiger partial charge on any atom is -0.367 e. The van der Waals surface area contributed by atoms with Crippen LogP contribution >= 0.6 is 0 Å². The van der Waals surface area contributed by atoms with Crippen molar-refractivity contribution in [3.05, 3.63) is 53.6 Å². The van der Waals surface area contributed by atoms with Crippen molar-refractivity contribution >= 4 is 5.91 Å². The molecule has 0 spiro atoms. The number of imidazole rings is 1. The summed E-state index contributed by atoms with van der Waals surface area (Å²) in [5.74, 6) is 0.666. The second kappa shape index (κ2) is 8.23. The van der Waals surface area contributed by atoms with Gasteiger partial charge in [-0.15, -0.1) is 0 Å². The molecule has 1 amide bonds. The lowest BCUT2D eigenvalue weighted by molar-refractivity contribution is -0.140. The Morgan fingerprint density at radius 3 is 2.85 bits per heavy atom. The number of hydrogen-bond donors (Lipinski definition) is 1. The van der Waals surface area contributed by atoms with Crippen molar-refractivity contribution in [2.45, 2.75) is 39.0 Å². The SMILES string of the molecule is Cc1[nH]cnc1CN1C[C@H]2CC[C@@H](C1)N(C(=O)COCc1ccccc1)C2. The molecule has 144 valence electrons. The van der Waals surface area contributed by atoms with Crippen LogP contribution in [0.25, 0.3) is 0 Å². The van der Waals surface area contributed by atoms with Gasteiger partial charge in [0.15, 0.2) is 0 Å². The third-order valence-electron chi connectivity index (χ3n) is 5.75. The number of nitrogens with one attached hydrogen (secondary N) is 1. The molecule has 2 aromatic rings. The normalized spacial score (nSPS) is 22.8. The van der Waals surface area contributed by atoms with Crippen molar-refractivity contribution < 1.29 is 9.53 Å². The number of piperidine rings is 1. The molecule has 5 rings (SSSR count). The van der Waals surface area contributed by atoms with Gasteiger partial charge in [0.1, 0.15) is 6.61 Å². The minimum absolute atomic E-state index is 0.124. The van der Waals surface area contributed by atoms with Gasteiger partial charge in [0.2, 0.25) is 5.91 Å². The quantitative estimate of drug-likeness (QED) is 0.850. The third-order valence-corrected chi connectivity index (χ3v) is 5.75. The standard InChI is InChI=1S/C21H28N4O2/c1-16-20(23-15-22-16)12-24-9-18-7-8-19(11-24)25(10-18)21(26)14-27-13-17-5-3-2-4-6-17/h2-6,15,18-19H,7-14H2,1H3,(H,22,23)/t18-,19+/m1/s1. The Kier molecular flexibility index (Phi) is 5.55. The Morgan fingerprint density at radius 1 is 1.22 bits per heavy atom. The summed E-state index contributed by atoms with van der Waals surface area (Å²) >= 11 is 0. The fourth-order valence-electron chi connectivity index (χ4n) is 4.29. The Morgan fingerprint density at radius 2 is 2.07 bits per heavy atom. The van der Waals surface area contributed by atoms with E-state index in [1.54, 1.807) is 6.33 Å². The zero-order valence-electron chi connectivity index (χ0n) is 15.9. The van der Waals surface area contributed by atoms with Crippen molar-refractivity contribution in [3.63, 3.8) is 0 Å². The van der Waals surface area contributed by atoms with Crippen LogP contribution in [0.15, 0.2) is 36.7 Å². The van der Waals surface area contributed by atoms with Crippen LogP contribution in [-0.2, 0) is 22.7 Å². The van der Waals surface area contributed by atoms with Gasteiger partial charge in [0.25, 0.3) is 0 Å². The molecule has 0 radical (unpaired) electrons. The van der Waals surface area contributed by atoms with E-state index in [1.165, 1.54) is 6.42 Å². The molecule has 1 aromatic carbocycles. The molecule has 1 N–H and O–H groups in total. The predicted octanol–water partition coefficient (Wildman–Crippen LogP) is 2.36. The van der Waals surface area contributed by atoms with Gasteiger partial charge < -0.3 is 14.6 Å². The van der Waals surface area contributed by atoms with Crippen molar-refractivity contribution in [2.24, 2.45) is 5.92 Å². The summed E-state index contributed by atoms with van der Waals surface area (Å²) in [4.78, 5) is 24.9. The van der Waals surface area contributed by atoms with E-state index in [4.69, 9.17) is 4.74 Å². The first-order valence-electron chi connectivity index (χ1n) is 9.81. The lowest BCUT2D eigenvalue weighted by Gasteiger charge is -2.36. The van der Waals surface area contributed by atoms with Gasteiger partial charge >= 0.3 is 0 Å². The second-order valence-electron chi connectivity index (χ2n) is 7.79. The van der Waals surface area contributed by atoms with Crippen LogP contribution in [0.1, 0.15) is 29.8 Å². The fraction of sp³-hybridized carbons (Fsp3) is 0.524. The number of rotatable bonds is 6.